The van der Waals surface area contributed by atoms with Gasteiger partial charge in [-0.25, -0.2) is 0 Å². The first-order valence-electron chi connectivity index (χ1n) is 3.02. The van der Waals surface area contributed by atoms with E-state index in [1.54, 1.807) is 0 Å². The Morgan fingerprint density at radius 1 is 1.50 bits per heavy atom. The Labute approximate surface area is 70.3 Å². The SMILES string of the molecule is [Zn]=[N]/C=C\c1[c-]cccc1. The summed E-state index contributed by atoms with van der Waals surface area (Å²) < 4.78 is 3.96. The van der Waals surface area contributed by atoms with Gasteiger partial charge in [0.1, 0.15) is 0 Å². The van der Waals surface area contributed by atoms with E-state index in [2.05, 4.69) is 9.75 Å². The van der Waals surface area contributed by atoms with Crippen molar-refractivity contribution in [3.63, 3.8) is 0 Å². The maximum absolute atomic E-state index is 3.96. The second-order valence-electron chi connectivity index (χ2n) is 1.82. The van der Waals surface area contributed by atoms with E-state index in [0.717, 1.165) is 23.7 Å². The van der Waals surface area contributed by atoms with Gasteiger partial charge in [-0.3, -0.25) is 0 Å². The van der Waals surface area contributed by atoms with Crippen molar-refractivity contribution < 1.29 is 18.1 Å². The summed E-state index contributed by atoms with van der Waals surface area (Å²) in [4.78, 5) is 0. The first kappa shape index (κ1) is 7.49. The average molecular weight is 182 g/mol. The molecule has 2 heteroatoms. The first-order valence-corrected chi connectivity index (χ1v) is 4.35. The van der Waals surface area contributed by atoms with Crippen LogP contribution in [-0.4, -0.2) is 0 Å². The Balaban J connectivity index is 2.76. The van der Waals surface area contributed by atoms with E-state index < -0.39 is 0 Å². The summed E-state index contributed by atoms with van der Waals surface area (Å²) in [6, 6.07) is 10.9. The zero-order valence-electron chi connectivity index (χ0n) is 5.62. The Bertz CT molecular complexity index is 228. The van der Waals surface area contributed by atoms with Gasteiger partial charge in [0.05, 0.1) is 0 Å². The monoisotopic (exact) mass is 180 g/mol. The molecule has 46 valence electrons. The Kier molecular flexibility index (Phi) is 3.17. The molecule has 0 bridgehead atoms. The molecule has 10 heavy (non-hydrogen) atoms. The summed E-state index contributed by atoms with van der Waals surface area (Å²) in [6.45, 7) is 0. The molecule has 1 aromatic carbocycles. The molecule has 0 aliphatic rings. The molecule has 0 atom stereocenters. The number of rotatable bonds is 2. The van der Waals surface area contributed by atoms with Gasteiger partial charge in [-0.05, 0) is 0 Å². The molecule has 0 saturated heterocycles. The van der Waals surface area contributed by atoms with Crippen molar-refractivity contribution in [1.82, 2.24) is 0 Å². The van der Waals surface area contributed by atoms with Crippen molar-refractivity contribution >= 4 is 6.08 Å². The van der Waals surface area contributed by atoms with Gasteiger partial charge >= 0.3 is 70.0 Å². The standard InChI is InChI=1S/C8H6N.Zn/c9-7-6-8-4-2-1-3-5-8;/h1-4,6-7H;/q-1;/b7-6-;. The van der Waals surface area contributed by atoms with E-state index in [1.807, 2.05) is 36.5 Å². The first-order chi connectivity index (χ1) is 4.93. The van der Waals surface area contributed by atoms with Crippen LogP contribution in [-0.2, 0) is 18.1 Å². The van der Waals surface area contributed by atoms with Crippen molar-refractivity contribution in [2.75, 3.05) is 0 Å². The van der Waals surface area contributed by atoms with E-state index in [9.17, 15) is 0 Å². The molecular formula is C8H6NZn-. The third kappa shape index (κ3) is 2.32. The Hall–Kier alpha value is -0.617. The molecule has 1 aromatic rings. The average Bonchev–Trinajstić information content (AvgIpc) is 2.03. The molecule has 0 N–H and O–H groups in total. The second kappa shape index (κ2) is 4.24. The predicted molar refractivity (Wildman–Crippen MR) is 36.7 cm³/mol. The molecule has 0 unspecified atom stereocenters. The third-order valence-corrected chi connectivity index (χ3v) is 1.53. The summed E-state index contributed by atoms with van der Waals surface area (Å²) in [5.41, 5.74) is 1.08. The molecule has 1 nitrogen and oxygen atoms in total. The topological polar surface area (TPSA) is 12.4 Å². The van der Waals surface area contributed by atoms with Crippen LogP contribution in [0.5, 0.6) is 0 Å². The van der Waals surface area contributed by atoms with Crippen LogP contribution in [0.2, 0.25) is 0 Å². The Morgan fingerprint density at radius 3 is 3.00 bits per heavy atom. The van der Waals surface area contributed by atoms with Gasteiger partial charge in [-0.15, -0.1) is 0 Å². The number of hydrogen-bond acceptors (Lipinski definition) is 1. The van der Waals surface area contributed by atoms with Gasteiger partial charge in [0.15, 0.2) is 0 Å². The van der Waals surface area contributed by atoms with Gasteiger partial charge in [-0.1, -0.05) is 0 Å². The van der Waals surface area contributed by atoms with E-state index in [0.29, 0.717) is 0 Å². The third-order valence-electron chi connectivity index (χ3n) is 1.09. The predicted octanol–water partition coefficient (Wildman–Crippen LogP) is 2.19. The fourth-order valence-corrected chi connectivity index (χ4v) is 0.865. The van der Waals surface area contributed by atoms with E-state index in [-0.39, 0.29) is 0 Å². The molecule has 0 aliphatic heterocycles. The molecular weight excluding hydrogens is 175 g/mol. The molecule has 0 radical (unpaired) electrons. The van der Waals surface area contributed by atoms with Crippen LogP contribution in [0.15, 0.2) is 34.1 Å². The molecule has 0 aromatic heterocycles. The van der Waals surface area contributed by atoms with Crippen LogP contribution in [0.4, 0.5) is 0 Å². The van der Waals surface area contributed by atoms with Crippen molar-refractivity contribution in [3.8, 4) is 0 Å². The van der Waals surface area contributed by atoms with E-state index in [1.165, 1.54) is 0 Å². The summed E-state index contributed by atoms with van der Waals surface area (Å²) in [5, 5.41) is 0. The summed E-state index contributed by atoms with van der Waals surface area (Å²) in [7, 11) is 0. The van der Waals surface area contributed by atoms with Crippen molar-refractivity contribution in [2.45, 2.75) is 0 Å². The molecule has 0 aliphatic carbocycles. The van der Waals surface area contributed by atoms with Crippen LogP contribution in [0.1, 0.15) is 5.56 Å². The minimum absolute atomic E-state index is 0.962. The van der Waals surface area contributed by atoms with Crippen LogP contribution in [0.25, 0.3) is 6.08 Å². The van der Waals surface area contributed by atoms with Gasteiger partial charge in [0, 0.05) is 0 Å². The number of benzene rings is 1. The molecule has 0 spiro atoms. The number of hydrogen-bond donors (Lipinski definition) is 0. The van der Waals surface area contributed by atoms with Gasteiger partial charge in [0.25, 0.3) is 0 Å². The quantitative estimate of drug-likeness (QED) is 0.490. The summed E-state index contributed by atoms with van der Waals surface area (Å²) >= 11 is 0.962. The zero-order valence-corrected chi connectivity index (χ0v) is 8.59. The van der Waals surface area contributed by atoms with E-state index >= 15 is 0 Å². The van der Waals surface area contributed by atoms with Crippen LogP contribution < -0.4 is 0 Å². The molecule has 1 rings (SSSR count). The van der Waals surface area contributed by atoms with Gasteiger partial charge in [-0.2, -0.15) is 0 Å². The normalized spacial score (nSPS) is 10.2. The van der Waals surface area contributed by atoms with Crippen molar-refractivity contribution in [3.05, 3.63) is 42.1 Å². The fraction of sp³-hybridized carbons (Fsp3) is 0. The molecule has 0 saturated carbocycles. The van der Waals surface area contributed by atoms with Gasteiger partial charge < -0.3 is 0 Å². The second-order valence-corrected chi connectivity index (χ2v) is 2.58. The van der Waals surface area contributed by atoms with E-state index in [4.69, 9.17) is 0 Å². The summed E-state index contributed by atoms with van der Waals surface area (Å²) in [5.74, 6) is 0. The molecule has 0 heterocycles. The maximum atomic E-state index is 3.96. The number of nitrogens with zero attached hydrogens (tertiary/aromatic N) is 1. The van der Waals surface area contributed by atoms with Gasteiger partial charge in [0.2, 0.25) is 0 Å². The van der Waals surface area contributed by atoms with Crippen molar-refractivity contribution in [1.29, 1.82) is 0 Å². The van der Waals surface area contributed by atoms with Crippen LogP contribution in [0, 0.1) is 6.07 Å². The molecule has 0 fully saturated rings. The Morgan fingerprint density at radius 2 is 2.40 bits per heavy atom. The van der Waals surface area contributed by atoms with Crippen molar-refractivity contribution in [2.24, 2.45) is 3.68 Å². The van der Waals surface area contributed by atoms with Crippen LogP contribution >= 0.6 is 0 Å². The fourth-order valence-electron chi connectivity index (χ4n) is 0.644. The molecule has 0 amide bonds. The minimum atomic E-state index is 0.962. The summed E-state index contributed by atoms with van der Waals surface area (Å²) in [6.07, 6.45) is 3.76. The zero-order chi connectivity index (χ0) is 7.23. The van der Waals surface area contributed by atoms with Crippen LogP contribution in [0.3, 0.4) is 0 Å².